The van der Waals surface area contributed by atoms with Crippen molar-refractivity contribution in [3.05, 3.63) is 18.0 Å². The fourth-order valence-corrected chi connectivity index (χ4v) is 2.70. The molecule has 6 heteroatoms. The molecule has 1 atom stereocenters. The van der Waals surface area contributed by atoms with Crippen LogP contribution in [-0.2, 0) is 6.18 Å². The van der Waals surface area contributed by atoms with Crippen LogP contribution in [0.5, 0.6) is 0 Å². The highest BCUT2D eigenvalue weighted by atomic mass is 19.4. The Balaban J connectivity index is 2.24. The topological polar surface area (TPSA) is 50.9 Å². The van der Waals surface area contributed by atoms with Gasteiger partial charge in [0.2, 0.25) is 0 Å². The van der Waals surface area contributed by atoms with E-state index in [2.05, 4.69) is 24.1 Å². The molecule has 1 unspecified atom stereocenters. The van der Waals surface area contributed by atoms with Crippen molar-refractivity contribution in [3.63, 3.8) is 0 Å². The fourth-order valence-electron chi connectivity index (χ4n) is 2.70. The molecule has 0 saturated heterocycles. The van der Waals surface area contributed by atoms with Crippen molar-refractivity contribution in [2.75, 3.05) is 11.1 Å². The third kappa shape index (κ3) is 3.16. The minimum absolute atomic E-state index is 0.0480. The number of hydrogen-bond donors (Lipinski definition) is 2. The van der Waals surface area contributed by atoms with Crippen LogP contribution in [0.4, 0.5) is 24.5 Å². The molecule has 1 aromatic heterocycles. The van der Waals surface area contributed by atoms with Crippen molar-refractivity contribution in [1.82, 2.24) is 4.98 Å². The van der Waals surface area contributed by atoms with Gasteiger partial charge < -0.3 is 11.1 Å². The maximum atomic E-state index is 12.7. The average Bonchev–Trinajstić information content (AvgIpc) is 2.32. The molecule has 1 heterocycles. The summed E-state index contributed by atoms with van der Waals surface area (Å²) in [5.74, 6) is 0. The predicted octanol–water partition coefficient (Wildman–Crippen LogP) is 4.06. The Morgan fingerprint density at radius 2 is 2.05 bits per heavy atom. The van der Waals surface area contributed by atoms with Crippen LogP contribution in [-0.4, -0.2) is 11.0 Å². The molecule has 1 aliphatic rings. The van der Waals surface area contributed by atoms with E-state index in [0.717, 1.165) is 37.9 Å². The van der Waals surface area contributed by atoms with Gasteiger partial charge in [0.15, 0.2) is 0 Å². The first kappa shape index (κ1) is 14.9. The van der Waals surface area contributed by atoms with Gasteiger partial charge in [-0.15, -0.1) is 0 Å². The van der Waals surface area contributed by atoms with E-state index in [1.54, 1.807) is 0 Å². The maximum absolute atomic E-state index is 12.7. The van der Waals surface area contributed by atoms with E-state index >= 15 is 0 Å². The van der Waals surface area contributed by atoms with E-state index in [1.165, 1.54) is 0 Å². The summed E-state index contributed by atoms with van der Waals surface area (Å²) in [6.07, 6.45) is 0.855. The van der Waals surface area contributed by atoms with Crippen molar-refractivity contribution in [2.45, 2.75) is 51.7 Å². The normalized spacial score (nSPS) is 22.6. The van der Waals surface area contributed by atoms with Gasteiger partial charge >= 0.3 is 6.18 Å². The van der Waals surface area contributed by atoms with Gasteiger partial charge in [-0.05, 0) is 24.3 Å². The molecule has 0 radical (unpaired) electrons. The van der Waals surface area contributed by atoms with Crippen LogP contribution in [0.15, 0.2) is 12.3 Å². The van der Waals surface area contributed by atoms with Gasteiger partial charge in [0, 0.05) is 6.04 Å². The van der Waals surface area contributed by atoms with Crippen LogP contribution in [0.25, 0.3) is 0 Å². The van der Waals surface area contributed by atoms with Crippen LogP contribution in [0.2, 0.25) is 0 Å². The second-order valence-electron chi connectivity index (χ2n) is 6.09. The van der Waals surface area contributed by atoms with Crippen molar-refractivity contribution < 1.29 is 13.2 Å². The number of aromatic nitrogens is 1. The van der Waals surface area contributed by atoms with Gasteiger partial charge in [-0.3, -0.25) is 0 Å². The summed E-state index contributed by atoms with van der Waals surface area (Å²) in [6.45, 7) is 4.26. The number of hydrogen-bond acceptors (Lipinski definition) is 3. The average molecular weight is 287 g/mol. The number of nitrogens with zero attached hydrogens (tertiary/aromatic N) is 1. The fraction of sp³-hybridized carbons (Fsp3) is 0.643. The summed E-state index contributed by atoms with van der Waals surface area (Å²) in [7, 11) is 0. The summed E-state index contributed by atoms with van der Waals surface area (Å²) >= 11 is 0. The molecule has 1 saturated carbocycles. The molecule has 0 bridgehead atoms. The first-order valence-electron chi connectivity index (χ1n) is 6.79. The number of rotatable bonds is 2. The van der Waals surface area contributed by atoms with Gasteiger partial charge in [-0.2, -0.15) is 13.2 Å². The van der Waals surface area contributed by atoms with Gasteiger partial charge in [0.1, 0.15) is 5.69 Å². The molecule has 1 aromatic rings. The van der Waals surface area contributed by atoms with Gasteiger partial charge in [-0.1, -0.05) is 26.7 Å². The number of pyridine rings is 1. The molecule has 1 aliphatic carbocycles. The third-order valence-electron chi connectivity index (χ3n) is 4.06. The maximum Gasteiger partial charge on any atom is 0.433 e. The second-order valence-corrected chi connectivity index (χ2v) is 6.09. The minimum Gasteiger partial charge on any atom is -0.396 e. The molecule has 2 rings (SSSR count). The highest BCUT2D eigenvalue weighted by molar-refractivity contribution is 5.66. The summed E-state index contributed by atoms with van der Waals surface area (Å²) < 4.78 is 38.1. The van der Waals surface area contributed by atoms with Crippen LogP contribution in [0.3, 0.4) is 0 Å². The minimum atomic E-state index is -4.45. The Bertz CT molecular complexity index is 483. The summed E-state index contributed by atoms with van der Waals surface area (Å²) in [5, 5.41) is 3.19. The van der Waals surface area contributed by atoms with Crippen molar-refractivity contribution >= 4 is 11.4 Å². The first-order chi connectivity index (χ1) is 9.20. The zero-order valence-electron chi connectivity index (χ0n) is 11.7. The van der Waals surface area contributed by atoms with Crippen molar-refractivity contribution in [1.29, 1.82) is 0 Å². The number of anilines is 2. The zero-order chi connectivity index (χ0) is 15.0. The molecule has 20 heavy (non-hydrogen) atoms. The SMILES string of the molecule is CC1(C)CCCCC1Nc1cc(C(F)(F)F)ncc1N. The summed E-state index contributed by atoms with van der Waals surface area (Å²) in [6, 6.07) is 1.13. The zero-order valence-corrected chi connectivity index (χ0v) is 11.7. The van der Waals surface area contributed by atoms with E-state index in [9.17, 15) is 13.2 Å². The highest BCUT2D eigenvalue weighted by Crippen LogP contribution is 2.39. The molecule has 1 fully saturated rings. The number of nitrogen functional groups attached to an aromatic ring is 1. The lowest BCUT2D eigenvalue weighted by Gasteiger charge is -2.39. The van der Waals surface area contributed by atoms with Crippen LogP contribution >= 0.6 is 0 Å². The standard InChI is InChI=1S/C14H20F3N3/c1-13(2)6-4-3-5-11(13)20-10-7-12(14(15,16)17)19-8-9(10)18/h7-8,11H,3-6,18H2,1-2H3,(H,19,20). The predicted molar refractivity (Wildman–Crippen MR) is 73.3 cm³/mol. The molecular formula is C14H20F3N3. The Labute approximate surface area is 116 Å². The number of alkyl halides is 3. The van der Waals surface area contributed by atoms with Gasteiger partial charge in [0.05, 0.1) is 17.6 Å². The summed E-state index contributed by atoms with van der Waals surface area (Å²) in [4.78, 5) is 3.35. The molecule has 112 valence electrons. The summed E-state index contributed by atoms with van der Waals surface area (Å²) in [5.41, 5.74) is 5.46. The molecule has 0 aromatic carbocycles. The Kier molecular flexibility index (Phi) is 3.84. The van der Waals surface area contributed by atoms with E-state index in [1.807, 2.05) is 0 Å². The molecular weight excluding hydrogens is 267 g/mol. The Morgan fingerprint density at radius 1 is 1.35 bits per heavy atom. The third-order valence-corrected chi connectivity index (χ3v) is 4.06. The lowest BCUT2D eigenvalue weighted by atomic mass is 9.73. The lowest BCUT2D eigenvalue weighted by Crippen LogP contribution is -2.39. The molecule has 3 N–H and O–H groups in total. The monoisotopic (exact) mass is 287 g/mol. The van der Waals surface area contributed by atoms with Gasteiger partial charge in [0.25, 0.3) is 0 Å². The van der Waals surface area contributed by atoms with Crippen LogP contribution < -0.4 is 11.1 Å². The number of halogens is 3. The van der Waals surface area contributed by atoms with E-state index < -0.39 is 11.9 Å². The second kappa shape index (κ2) is 5.14. The van der Waals surface area contributed by atoms with E-state index in [4.69, 9.17) is 5.73 Å². The lowest BCUT2D eigenvalue weighted by molar-refractivity contribution is -0.141. The Morgan fingerprint density at radius 3 is 2.65 bits per heavy atom. The van der Waals surface area contributed by atoms with Gasteiger partial charge in [-0.25, -0.2) is 4.98 Å². The van der Waals surface area contributed by atoms with E-state index in [0.29, 0.717) is 5.69 Å². The first-order valence-corrected chi connectivity index (χ1v) is 6.79. The Hall–Kier alpha value is -1.46. The van der Waals surface area contributed by atoms with Crippen LogP contribution in [0.1, 0.15) is 45.2 Å². The molecule has 0 spiro atoms. The van der Waals surface area contributed by atoms with Crippen molar-refractivity contribution in [3.8, 4) is 0 Å². The molecule has 3 nitrogen and oxygen atoms in total. The highest BCUT2D eigenvalue weighted by Gasteiger charge is 2.35. The van der Waals surface area contributed by atoms with Crippen molar-refractivity contribution in [2.24, 2.45) is 5.41 Å². The molecule has 0 aliphatic heterocycles. The smallest absolute Gasteiger partial charge is 0.396 e. The largest absolute Gasteiger partial charge is 0.433 e. The van der Waals surface area contributed by atoms with Crippen LogP contribution in [0, 0.1) is 5.41 Å². The number of nitrogens with one attached hydrogen (secondary N) is 1. The quantitative estimate of drug-likeness (QED) is 0.862. The van der Waals surface area contributed by atoms with E-state index in [-0.39, 0.29) is 17.1 Å². The number of nitrogens with two attached hydrogens (primary N) is 1. The molecule has 0 amide bonds.